The molecular formula is C13H17NO5S2. The molecule has 1 saturated heterocycles. The third-order valence-corrected chi connectivity index (χ3v) is 5.36. The number of thiophene rings is 1. The molecule has 0 bridgehead atoms. The summed E-state index contributed by atoms with van der Waals surface area (Å²) in [7, 11) is -3.17. The highest BCUT2D eigenvalue weighted by Gasteiger charge is 2.35. The molecule has 6 nitrogen and oxygen atoms in total. The molecule has 1 aromatic rings. The number of carboxylic acids is 1. The molecule has 0 aliphatic carbocycles. The number of sulfone groups is 1. The Kier molecular flexibility index (Phi) is 4.38. The normalized spacial score (nSPS) is 19.0. The van der Waals surface area contributed by atoms with Crippen molar-refractivity contribution in [2.45, 2.75) is 31.6 Å². The summed E-state index contributed by atoms with van der Waals surface area (Å²) >= 11 is 1.22. The summed E-state index contributed by atoms with van der Waals surface area (Å²) in [5.74, 6) is -1.43. The smallest absolute Gasteiger partial charge is 0.326 e. The Morgan fingerprint density at radius 2 is 2.14 bits per heavy atom. The van der Waals surface area contributed by atoms with Gasteiger partial charge in [0.05, 0.1) is 10.6 Å². The minimum atomic E-state index is -3.17. The van der Waals surface area contributed by atoms with Gasteiger partial charge in [-0.2, -0.15) is 0 Å². The van der Waals surface area contributed by atoms with Crippen LogP contribution in [-0.2, 0) is 20.4 Å². The monoisotopic (exact) mass is 331 g/mol. The number of likely N-dealkylation sites (tertiary alicyclic amines) is 1. The Balaban J connectivity index is 2.24. The molecule has 1 aromatic heterocycles. The van der Waals surface area contributed by atoms with Gasteiger partial charge < -0.3 is 10.0 Å². The third kappa shape index (κ3) is 3.62. The lowest BCUT2D eigenvalue weighted by atomic mass is 10.2. The number of carboxylic acid groups (broad SMARTS) is 1. The molecule has 1 aliphatic heterocycles. The fourth-order valence-corrected chi connectivity index (χ4v) is 4.41. The van der Waals surface area contributed by atoms with Crippen LogP contribution in [0.5, 0.6) is 0 Å². The van der Waals surface area contributed by atoms with Gasteiger partial charge in [0.2, 0.25) is 0 Å². The highest BCUT2D eigenvalue weighted by molar-refractivity contribution is 7.89. The number of nitrogens with zero attached hydrogens (tertiary/aromatic N) is 1. The van der Waals surface area contributed by atoms with Crippen molar-refractivity contribution < 1.29 is 23.1 Å². The first-order valence-electron chi connectivity index (χ1n) is 6.50. The van der Waals surface area contributed by atoms with E-state index in [2.05, 4.69) is 0 Å². The molecule has 8 heteroatoms. The summed E-state index contributed by atoms with van der Waals surface area (Å²) in [6.45, 7) is 2.19. The molecule has 1 atom stereocenters. The van der Waals surface area contributed by atoms with Crippen LogP contribution in [0.15, 0.2) is 6.07 Å². The summed E-state index contributed by atoms with van der Waals surface area (Å²) in [6, 6.07) is 0.791. The van der Waals surface area contributed by atoms with Crippen molar-refractivity contribution in [3.05, 3.63) is 21.4 Å². The highest BCUT2D eigenvalue weighted by Crippen LogP contribution is 2.27. The zero-order chi connectivity index (χ0) is 15.8. The second-order valence-electron chi connectivity index (χ2n) is 5.26. The summed E-state index contributed by atoms with van der Waals surface area (Å²) in [6.07, 6.45) is 2.28. The number of hydrogen-bond acceptors (Lipinski definition) is 5. The quantitative estimate of drug-likeness (QED) is 0.897. The van der Waals surface area contributed by atoms with Crippen LogP contribution in [0.4, 0.5) is 0 Å². The van der Waals surface area contributed by atoms with Crippen LogP contribution in [-0.4, -0.2) is 49.1 Å². The largest absolute Gasteiger partial charge is 0.480 e. The van der Waals surface area contributed by atoms with Gasteiger partial charge in [-0.1, -0.05) is 0 Å². The van der Waals surface area contributed by atoms with E-state index < -0.39 is 21.8 Å². The van der Waals surface area contributed by atoms with Gasteiger partial charge in [-0.15, -0.1) is 11.3 Å². The van der Waals surface area contributed by atoms with E-state index >= 15 is 0 Å². The van der Waals surface area contributed by atoms with Crippen LogP contribution >= 0.6 is 11.3 Å². The molecule has 0 saturated carbocycles. The molecule has 0 radical (unpaired) electrons. The topological polar surface area (TPSA) is 91.8 Å². The molecule has 1 unspecified atom stereocenters. The molecule has 1 N–H and O–H groups in total. The van der Waals surface area contributed by atoms with Gasteiger partial charge in [0, 0.05) is 17.7 Å². The molecule has 116 valence electrons. The number of carbonyl (C=O) groups is 2. The van der Waals surface area contributed by atoms with E-state index in [1.807, 2.05) is 0 Å². The molecule has 1 aliphatic rings. The molecule has 1 amide bonds. The Morgan fingerprint density at radius 1 is 1.48 bits per heavy atom. The highest BCUT2D eigenvalue weighted by atomic mass is 32.2. The molecular weight excluding hydrogens is 314 g/mol. The lowest BCUT2D eigenvalue weighted by Gasteiger charge is -2.20. The van der Waals surface area contributed by atoms with Gasteiger partial charge in [0.1, 0.15) is 6.04 Å². The van der Waals surface area contributed by atoms with Crippen LogP contribution < -0.4 is 0 Å². The van der Waals surface area contributed by atoms with E-state index in [4.69, 9.17) is 5.11 Å². The maximum Gasteiger partial charge on any atom is 0.326 e. The lowest BCUT2D eigenvalue weighted by Crippen LogP contribution is -2.40. The zero-order valence-electron chi connectivity index (χ0n) is 11.8. The summed E-state index contributed by atoms with van der Waals surface area (Å²) < 4.78 is 22.7. The van der Waals surface area contributed by atoms with Crippen LogP contribution in [0.3, 0.4) is 0 Å². The first-order valence-corrected chi connectivity index (χ1v) is 9.37. The SMILES string of the molecule is Cc1sc(C(=O)N2CCCC2C(=O)O)cc1CS(C)(=O)=O. The second-order valence-corrected chi connectivity index (χ2v) is 8.65. The van der Waals surface area contributed by atoms with Crippen molar-refractivity contribution >= 4 is 33.1 Å². The van der Waals surface area contributed by atoms with Gasteiger partial charge in [0.25, 0.3) is 5.91 Å². The molecule has 2 rings (SSSR count). The summed E-state index contributed by atoms with van der Waals surface area (Å²) in [5.41, 5.74) is 0.608. The minimum absolute atomic E-state index is 0.106. The Bertz CT molecular complexity index is 677. The number of rotatable bonds is 4. The molecule has 0 spiro atoms. The summed E-state index contributed by atoms with van der Waals surface area (Å²) in [5, 5.41) is 9.12. The number of aryl methyl sites for hydroxylation is 1. The maximum atomic E-state index is 12.4. The number of hydrogen-bond donors (Lipinski definition) is 1. The predicted molar refractivity (Wildman–Crippen MR) is 79.3 cm³/mol. The lowest BCUT2D eigenvalue weighted by molar-refractivity contribution is -0.141. The fourth-order valence-electron chi connectivity index (χ4n) is 2.46. The number of carbonyl (C=O) groups excluding carboxylic acids is 1. The van der Waals surface area contributed by atoms with Crippen LogP contribution in [0.25, 0.3) is 0 Å². The van der Waals surface area contributed by atoms with Gasteiger partial charge in [0.15, 0.2) is 9.84 Å². The maximum absolute atomic E-state index is 12.4. The third-order valence-electron chi connectivity index (χ3n) is 3.45. The van der Waals surface area contributed by atoms with Crippen LogP contribution in [0.2, 0.25) is 0 Å². The van der Waals surface area contributed by atoms with Crippen LogP contribution in [0, 0.1) is 6.92 Å². The second kappa shape index (κ2) is 5.76. The van der Waals surface area contributed by atoms with Gasteiger partial charge in [-0.05, 0) is 31.4 Å². The predicted octanol–water partition coefficient (Wildman–Crippen LogP) is 1.29. The average molecular weight is 331 g/mol. The van der Waals surface area contributed by atoms with E-state index in [1.165, 1.54) is 16.2 Å². The zero-order valence-corrected chi connectivity index (χ0v) is 13.5. The van der Waals surface area contributed by atoms with Crippen molar-refractivity contribution in [2.24, 2.45) is 0 Å². The Labute approximate surface area is 127 Å². The minimum Gasteiger partial charge on any atom is -0.480 e. The van der Waals surface area contributed by atoms with E-state index in [0.717, 1.165) is 11.1 Å². The molecule has 21 heavy (non-hydrogen) atoms. The van der Waals surface area contributed by atoms with Crippen LogP contribution in [0.1, 0.15) is 33.0 Å². The van der Waals surface area contributed by atoms with Gasteiger partial charge in [-0.3, -0.25) is 4.79 Å². The van der Waals surface area contributed by atoms with Gasteiger partial charge in [-0.25, -0.2) is 13.2 Å². The Hall–Kier alpha value is -1.41. The molecule has 1 fully saturated rings. The standard InChI is InChI=1S/C13H17NO5S2/c1-8-9(7-21(2,18)19)6-11(20-8)12(15)14-5-3-4-10(14)13(16)17/h6,10H,3-5,7H2,1-2H3,(H,16,17). The first kappa shape index (κ1) is 16.0. The Morgan fingerprint density at radius 3 is 2.71 bits per heavy atom. The molecule has 2 heterocycles. The first-order chi connectivity index (χ1) is 9.69. The number of amides is 1. The van der Waals surface area contributed by atoms with Gasteiger partial charge >= 0.3 is 5.97 Å². The van der Waals surface area contributed by atoms with E-state index in [1.54, 1.807) is 13.0 Å². The van der Waals surface area contributed by atoms with Crippen molar-refractivity contribution in [3.8, 4) is 0 Å². The van der Waals surface area contributed by atoms with E-state index in [-0.39, 0.29) is 11.7 Å². The molecule has 0 aromatic carbocycles. The van der Waals surface area contributed by atoms with Crippen molar-refractivity contribution in [1.29, 1.82) is 0 Å². The van der Waals surface area contributed by atoms with Crippen molar-refractivity contribution in [2.75, 3.05) is 12.8 Å². The van der Waals surface area contributed by atoms with E-state index in [0.29, 0.717) is 29.8 Å². The fraction of sp³-hybridized carbons (Fsp3) is 0.538. The van der Waals surface area contributed by atoms with Crippen molar-refractivity contribution in [3.63, 3.8) is 0 Å². The van der Waals surface area contributed by atoms with Crippen molar-refractivity contribution in [1.82, 2.24) is 4.90 Å². The average Bonchev–Trinajstić information content (AvgIpc) is 2.94. The van der Waals surface area contributed by atoms with E-state index in [9.17, 15) is 18.0 Å². The number of aliphatic carboxylic acids is 1. The summed E-state index contributed by atoms with van der Waals surface area (Å²) in [4.78, 5) is 26.1.